The first kappa shape index (κ1) is 17.9. The molecule has 0 heterocycles. The Morgan fingerprint density at radius 1 is 1.32 bits per heavy atom. The van der Waals surface area contributed by atoms with Gasteiger partial charge < -0.3 is 14.9 Å². The molecule has 0 aromatic heterocycles. The summed E-state index contributed by atoms with van der Waals surface area (Å²) in [6.07, 6.45) is -1.67. The zero-order chi connectivity index (χ0) is 17.0. The number of carbonyl (C=O) groups excluding carboxylic acids is 1. The number of hydrogen-bond donors (Lipinski definition) is 3. The van der Waals surface area contributed by atoms with Crippen LogP contribution in [0.25, 0.3) is 0 Å². The number of alkyl carbamates (subject to hydrolysis) is 1. The van der Waals surface area contributed by atoms with Gasteiger partial charge in [0.15, 0.2) is 5.72 Å². The molecule has 1 unspecified atom stereocenters. The van der Waals surface area contributed by atoms with Crippen molar-refractivity contribution in [2.45, 2.75) is 44.9 Å². The van der Waals surface area contributed by atoms with Crippen LogP contribution < -0.4 is 5.32 Å². The van der Waals surface area contributed by atoms with Crippen LogP contribution in [0.5, 0.6) is 0 Å². The molecule has 0 bridgehead atoms. The van der Waals surface area contributed by atoms with Crippen LogP contribution in [-0.4, -0.2) is 27.9 Å². The van der Waals surface area contributed by atoms with Crippen molar-refractivity contribution in [2.75, 3.05) is 0 Å². The van der Waals surface area contributed by atoms with Crippen molar-refractivity contribution in [1.29, 1.82) is 0 Å². The lowest BCUT2D eigenvalue weighted by molar-refractivity contribution is -0.139. The quantitative estimate of drug-likeness (QED) is 0.725. The van der Waals surface area contributed by atoms with E-state index in [1.807, 2.05) is 0 Å². The van der Waals surface area contributed by atoms with Crippen molar-refractivity contribution in [3.05, 3.63) is 35.6 Å². The maximum Gasteiger partial charge on any atom is 0.410 e. The number of aliphatic carboxylic acids is 1. The minimum Gasteiger partial charge on any atom is -0.481 e. The SMILES string of the molecule is CC(C)(C)OC(=O)NC(O)(CCC(=O)O)c1cccc(F)c1. The van der Waals surface area contributed by atoms with Gasteiger partial charge in [-0.25, -0.2) is 9.18 Å². The fraction of sp³-hybridized carbons (Fsp3) is 0.467. The number of ether oxygens (including phenoxy) is 1. The topological polar surface area (TPSA) is 95.9 Å². The number of carbonyl (C=O) groups is 2. The lowest BCUT2D eigenvalue weighted by Gasteiger charge is -2.31. The molecule has 0 fully saturated rings. The Morgan fingerprint density at radius 3 is 2.45 bits per heavy atom. The molecule has 3 N–H and O–H groups in total. The molecule has 1 rings (SSSR count). The first-order valence-electron chi connectivity index (χ1n) is 6.73. The summed E-state index contributed by atoms with van der Waals surface area (Å²) < 4.78 is 18.4. The van der Waals surface area contributed by atoms with E-state index in [4.69, 9.17) is 9.84 Å². The van der Waals surface area contributed by atoms with Crippen molar-refractivity contribution >= 4 is 12.1 Å². The average Bonchev–Trinajstić information content (AvgIpc) is 2.34. The van der Waals surface area contributed by atoms with Gasteiger partial charge in [-0.3, -0.25) is 10.1 Å². The van der Waals surface area contributed by atoms with E-state index in [1.54, 1.807) is 20.8 Å². The number of nitrogens with one attached hydrogen (secondary N) is 1. The second-order valence-corrected chi connectivity index (χ2v) is 5.89. The van der Waals surface area contributed by atoms with Crippen LogP contribution >= 0.6 is 0 Å². The Labute approximate surface area is 127 Å². The van der Waals surface area contributed by atoms with E-state index < -0.39 is 35.6 Å². The van der Waals surface area contributed by atoms with Gasteiger partial charge in [0.25, 0.3) is 0 Å². The fourth-order valence-electron chi connectivity index (χ4n) is 1.79. The van der Waals surface area contributed by atoms with Crippen LogP contribution in [0, 0.1) is 5.82 Å². The summed E-state index contributed by atoms with van der Waals surface area (Å²) in [5.41, 5.74) is -2.79. The Kier molecular flexibility index (Phi) is 5.48. The monoisotopic (exact) mass is 313 g/mol. The van der Waals surface area contributed by atoms with E-state index in [0.29, 0.717) is 0 Å². The van der Waals surface area contributed by atoms with Crippen LogP contribution in [0.2, 0.25) is 0 Å². The fourth-order valence-corrected chi connectivity index (χ4v) is 1.79. The standard InChI is InChI=1S/C15H20FNO5/c1-14(2,3)22-13(20)17-15(21,8-7-12(18)19)10-5-4-6-11(16)9-10/h4-6,9,21H,7-8H2,1-3H3,(H,17,20)(H,18,19). The van der Waals surface area contributed by atoms with Gasteiger partial charge in [-0.2, -0.15) is 0 Å². The van der Waals surface area contributed by atoms with Crippen LogP contribution in [0.1, 0.15) is 39.2 Å². The van der Waals surface area contributed by atoms with E-state index >= 15 is 0 Å². The molecule has 0 radical (unpaired) electrons. The molecule has 0 spiro atoms. The van der Waals surface area contributed by atoms with Crippen molar-refractivity contribution in [1.82, 2.24) is 5.32 Å². The molecule has 0 saturated heterocycles. The molecule has 22 heavy (non-hydrogen) atoms. The molecule has 1 aromatic rings. The number of halogens is 1. The van der Waals surface area contributed by atoms with Crippen LogP contribution in [-0.2, 0) is 15.3 Å². The zero-order valence-electron chi connectivity index (χ0n) is 12.7. The minimum atomic E-state index is -2.04. The molecule has 0 saturated carbocycles. The first-order valence-corrected chi connectivity index (χ1v) is 6.73. The third-order valence-corrected chi connectivity index (χ3v) is 2.71. The Bertz CT molecular complexity index is 555. The Morgan fingerprint density at radius 2 is 1.95 bits per heavy atom. The summed E-state index contributed by atoms with van der Waals surface area (Å²) in [6.45, 7) is 4.93. The largest absolute Gasteiger partial charge is 0.481 e. The highest BCUT2D eigenvalue weighted by Gasteiger charge is 2.34. The lowest BCUT2D eigenvalue weighted by atomic mass is 9.97. The third-order valence-electron chi connectivity index (χ3n) is 2.71. The van der Waals surface area contributed by atoms with E-state index in [2.05, 4.69) is 5.32 Å². The summed E-state index contributed by atoms with van der Waals surface area (Å²) in [4.78, 5) is 22.6. The van der Waals surface area contributed by atoms with Crippen molar-refractivity contribution in [3.8, 4) is 0 Å². The van der Waals surface area contributed by atoms with Crippen LogP contribution in [0.15, 0.2) is 24.3 Å². The highest BCUT2D eigenvalue weighted by Crippen LogP contribution is 2.25. The van der Waals surface area contributed by atoms with Gasteiger partial charge in [-0.1, -0.05) is 12.1 Å². The zero-order valence-corrected chi connectivity index (χ0v) is 12.7. The predicted molar refractivity (Wildman–Crippen MR) is 76.5 cm³/mol. The number of aliphatic hydroxyl groups is 1. The molecule has 0 aliphatic heterocycles. The molecular weight excluding hydrogens is 293 g/mol. The van der Waals surface area contributed by atoms with Crippen LogP contribution in [0.4, 0.5) is 9.18 Å². The highest BCUT2D eigenvalue weighted by atomic mass is 19.1. The maximum absolute atomic E-state index is 13.3. The normalized spacial score (nSPS) is 14.0. The van der Waals surface area contributed by atoms with Gasteiger partial charge in [0.1, 0.15) is 11.4 Å². The van der Waals surface area contributed by atoms with E-state index in [-0.39, 0.29) is 12.0 Å². The Balaban J connectivity index is 3.01. The lowest BCUT2D eigenvalue weighted by Crippen LogP contribution is -2.48. The number of carboxylic acids is 1. The first-order chi connectivity index (χ1) is 10.0. The second kappa shape index (κ2) is 6.74. The van der Waals surface area contributed by atoms with Crippen LogP contribution in [0.3, 0.4) is 0 Å². The van der Waals surface area contributed by atoms with Gasteiger partial charge in [-0.05, 0) is 32.9 Å². The van der Waals surface area contributed by atoms with Gasteiger partial charge in [0.2, 0.25) is 0 Å². The average molecular weight is 313 g/mol. The van der Waals surface area contributed by atoms with Gasteiger partial charge in [0.05, 0.1) is 6.42 Å². The molecular formula is C15H20FNO5. The second-order valence-electron chi connectivity index (χ2n) is 5.89. The van der Waals surface area contributed by atoms with Gasteiger partial charge >= 0.3 is 12.1 Å². The number of amides is 1. The van der Waals surface area contributed by atoms with E-state index in [9.17, 15) is 19.1 Å². The van der Waals surface area contributed by atoms with Crippen molar-refractivity contribution in [3.63, 3.8) is 0 Å². The summed E-state index contributed by atoms with van der Waals surface area (Å²) in [6, 6.07) is 4.95. The van der Waals surface area contributed by atoms with Gasteiger partial charge in [0, 0.05) is 12.0 Å². The van der Waals surface area contributed by atoms with Crippen molar-refractivity contribution in [2.24, 2.45) is 0 Å². The predicted octanol–water partition coefficient (Wildman–Crippen LogP) is 2.36. The molecule has 1 aromatic carbocycles. The molecule has 0 aliphatic rings. The summed E-state index contributed by atoms with van der Waals surface area (Å²) in [5, 5.41) is 21.6. The van der Waals surface area contributed by atoms with Gasteiger partial charge in [-0.15, -0.1) is 0 Å². The molecule has 0 aliphatic carbocycles. The van der Waals surface area contributed by atoms with E-state index in [1.165, 1.54) is 18.2 Å². The molecule has 7 heteroatoms. The van der Waals surface area contributed by atoms with Crippen molar-refractivity contribution < 1.29 is 28.9 Å². The smallest absolute Gasteiger partial charge is 0.410 e. The summed E-state index contributed by atoms with van der Waals surface area (Å²) in [7, 11) is 0. The summed E-state index contributed by atoms with van der Waals surface area (Å²) >= 11 is 0. The highest BCUT2D eigenvalue weighted by molar-refractivity contribution is 5.70. The third kappa shape index (κ3) is 5.69. The number of hydrogen-bond acceptors (Lipinski definition) is 4. The molecule has 122 valence electrons. The maximum atomic E-state index is 13.3. The summed E-state index contributed by atoms with van der Waals surface area (Å²) in [5.74, 6) is -1.77. The number of benzene rings is 1. The molecule has 1 atom stereocenters. The number of rotatable bonds is 5. The molecule has 1 amide bonds. The number of carboxylic acid groups (broad SMARTS) is 1. The van der Waals surface area contributed by atoms with E-state index in [0.717, 1.165) is 6.07 Å². The molecule has 6 nitrogen and oxygen atoms in total. The minimum absolute atomic E-state index is 0.0413. The Hall–Kier alpha value is -2.15.